The molecule has 0 unspecified atom stereocenters. The number of anilines is 2. The highest BCUT2D eigenvalue weighted by molar-refractivity contribution is 5.32. The fraction of sp³-hybridized carbons (Fsp3) is 0.600. The van der Waals surface area contributed by atoms with Crippen molar-refractivity contribution < 1.29 is 0 Å². The Bertz CT molecular complexity index is 229. The van der Waals surface area contributed by atoms with Crippen molar-refractivity contribution in [3.8, 4) is 0 Å². The molecular formula is C5H12N6. The SMILES string of the molecule is CC(C)N(N)c1n[nH]c(N)n1. The van der Waals surface area contributed by atoms with Crippen molar-refractivity contribution in [3.05, 3.63) is 0 Å². The summed E-state index contributed by atoms with van der Waals surface area (Å²) in [5, 5.41) is 7.71. The maximum Gasteiger partial charge on any atom is 0.260 e. The lowest BCUT2D eigenvalue weighted by molar-refractivity contribution is 0.689. The summed E-state index contributed by atoms with van der Waals surface area (Å²) >= 11 is 0. The zero-order chi connectivity index (χ0) is 8.43. The molecule has 0 atom stereocenters. The van der Waals surface area contributed by atoms with E-state index in [1.165, 1.54) is 5.01 Å². The molecule has 0 fully saturated rings. The van der Waals surface area contributed by atoms with Crippen LogP contribution in [0, 0.1) is 0 Å². The molecule has 0 bridgehead atoms. The third-order valence-corrected chi connectivity index (χ3v) is 1.28. The van der Waals surface area contributed by atoms with E-state index >= 15 is 0 Å². The first-order chi connectivity index (χ1) is 5.11. The summed E-state index contributed by atoms with van der Waals surface area (Å²) < 4.78 is 0. The Morgan fingerprint density at radius 3 is 2.55 bits per heavy atom. The molecule has 0 amide bonds. The number of H-pyrrole nitrogens is 1. The van der Waals surface area contributed by atoms with E-state index in [-0.39, 0.29) is 12.0 Å². The molecule has 6 heteroatoms. The average Bonchev–Trinajstić information content (AvgIpc) is 2.34. The Labute approximate surface area is 64.6 Å². The van der Waals surface area contributed by atoms with E-state index in [2.05, 4.69) is 15.2 Å². The van der Waals surface area contributed by atoms with Gasteiger partial charge in [-0.05, 0) is 13.8 Å². The van der Waals surface area contributed by atoms with Crippen LogP contribution in [0.25, 0.3) is 0 Å². The van der Waals surface area contributed by atoms with Crippen LogP contribution in [0.15, 0.2) is 0 Å². The summed E-state index contributed by atoms with van der Waals surface area (Å²) in [5.41, 5.74) is 5.31. The predicted molar refractivity (Wildman–Crippen MR) is 42.6 cm³/mol. The van der Waals surface area contributed by atoms with Crippen molar-refractivity contribution in [2.24, 2.45) is 5.84 Å². The number of nitrogens with one attached hydrogen (secondary N) is 1. The van der Waals surface area contributed by atoms with Gasteiger partial charge in [-0.25, -0.2) is 10.9 Å². The number of nitrogen functional groups attached to an aromatic ring is 1. The van der Waals surface area contributed by atoms with Crippen molar-refractivity contribution in [1.82, 2.24) is 15.2 Å². The van der Waals surface area contributed by atoms with Gasteiger partial charge in [0.2, 0.25) is 5.95 Å². The molecule has 0 aliphatic carbocycles. The fourth-order valence-corrected chi connectivity index (χ4v) is 0.611. The highest BCUT2D eigenvalue weighted by Gasteiger charge is 2.09. The standard InChI is InChI=1S/C5H12N6/c1-3(2)11(7)5-8-4(6)9-10-5/h3H,7H2,1-2H3,(H3,6,8,9,10). The molecule has 5 N–H and O–H groups in total. The Balaban J connectivity index is 2.76. The minimum Gasteiger partial charge on any atom is -0.368 e. The van der Waals surface area contributed by atoms with E-state index in [1.807, 2.05) is 13.8 Å². The van der Waals surface area contributed by atoms with Crippen LogP contribution in [0.2, 0.25) is 0 Å². The fourth-order valence-electron chi connectivity index (χ4n) is 0.611. The van der Waals surface area contributed by atoms with Gasteiger partial charge in [-0.1, -0.05) is 0 Å². The van der Waals surface area contributed by atoms with Gasteiger partial charge >= 0.3 is 0 Å². The average molecular weight is 156 g/mol. The van der Waals surface area contributed by atoms with Crippen LogP contribution in [0.5, 0.6) is 0 Å². The van der Waals surface area contributed by atoms with Gasteiger partial charge in [0.15, 0.2) is 0 Å². The van der Waals surface area contributed by atoms with Crippen LogP contribution in [-0.2, 0) is 0 Å². The monoisotopic (exact) mass is 156 g/mol. The lowest BCUT2D eigenvalue weighted by atomic mass is 10.4. The first-order valence-corrected chi connectivity index (χ1v) is 3.33. The summed E-state index contributed by atoms with van der Waals surface area (Å²) in [5.74, 6) is 6.27. The summed E-state index contributed by atoms with van der Waals surface area (Å²) in [6.07, 6.45) is 0. The molecule has 11 heavy (non-hydrogen) atoms. The molecule has 62 valence electrons. The molecule has 0 saturated carbocycles. The Morgan fingerprint density at radius 1 is 1.55 bits per heavy atom. The molecule has 0 radical (unpaired) electrons. The first kappa shape index (κ1) is 7.80. The second-order valence-corrected chi connectivity index (χ2v) is 2.52. The molecule has 0 saturated heterocycles. The number of aromatic nitrogens is 3. The second kappa shape index (κ2) is 2.75. The van der Waals surface area contributed by atoms with E-state index in [9.17, 15) is 0 Å². The second-order valence-electron chi connectivity index (χ2n) is 2.52. The highest BCUT2D eigenvalue weighted by atomic mass is 15.5. The minimum atomic E-state index is 0.158. The minimum absolute atomic E-state index is 0.158. The number of hydrogen-bond acceptors (Lipinski definition) is 5. The van der Waals surface area contributed by atoms with Crippen molar-refractivity contribution in [2.45, 2.75) is 19.9 Å². The third kappa shape index (κ3) is 1.58. The van der Waals surface area contributed by atoms with E-state index < -0.39 is 0 Å². The zero-order valence-electron chi connectivity index (χ0n) is 6.57. The molecule has 0 aliphatic heterocycles. The van der Waals surface area contributed by atoms with Crippen molar-refractivity contribution in [3.63, 3.8) is 0 Å². The van der Waals surface area contributed by atoms with Crippen LogP contribution in [0.4, 0.5) is 11.9 Å². The van der Waals surface area contributed by atoms with Crippen LogP contribution in [0.1, 0.15) is 13.8 Å². The van der Waals surface area contributed by atoms with Crippen LogP contribution in [-0.4, -0.2) is 21.2 Å². The zero-order valence-corrected chi connectivity index (χ0v) is 6.57. The molecule has 1 heterocycles. The summed E-state index contributed by atoms with van der Waals surface area (Å²) in [6.45, 7) is 3.87. The summed E-state index contributed by atoms with van der Waals surface area (Å²) in [6, 6.07) is 0.158. The van der Waals surface area contributed by atoms with Gasteiger partial charge in [0.1, 0.15) is 0 Å². The molecule has 1 aromatic heterocycles. The van der Waals surface area contributed by atoms with E-state index in [4.69, 9.17) is 11.6 Å². The summed E-state index contributed by atoms with van der Waals surface area (Å²) in [7, 11) is 0. The number of nitrogens with two attached hydrogens (primary N) is 2. The van der Waals surface area contributed by atoms with Crippen molar-refractivity contribution >= 4 is 11.9 Å². The first-order valence-electron chi connectivity index (χ1n) is 3.33. The topological polar surface area (TPSA) is 96.8 Å². The van der Waals surface area contributed by atoms with Gasteiger partial charge in [0.05, 0.1) is 0 Å². The predicted octanol–water partition coefficient (Wildman–Crippen LogP) is -0.525. The van der Waals surface area contributed by atoms with Crippen molar-refractivity contribution in [1.29, 1.82) is 0 Å². The normalized spacial score (nSPS) is 10.5. The maximum absolute atomic E-state index is 5.58. The van der Waals surface area contributed by atoms with Gasteiger partial charge in [0.25, 0.3) is 5.95 Å². The van der Waals surface area contributed by atoms with Gasteiger partial charge in [0, 0.05) is 6.04 Å². The van der Waals surface area contributed by atoms with Crippen LogP contribution < -0.4 is 16.6 Å². The molecule has 0 aromatic carbocycles. The lowest BCUT2D eigenvalue weighted by Gasteiger charge is -2.17. The smallest absolute Gasteiger partial charge is 0.260 e. The quantitative estimate of drug-likeness (QED) is 0.395. The number of hydrogen-bond donors (Lipinski definition) is 3. The molecular weight excluding hydrogens is 144 g/mol. The van der Waals surface area contributed by atoms with Gasteiger partial charge in [-0.3, -0.25) is 5.01 Å². The van der Waals surface area contributed by atoms with E-state index in [1.54, 1.807) is 0 Å². The Hall–Kier alpha value is -1.30. The third-order valence-electron chi connectivity index (χ3n) is 1.28. The highest BCUT2D eigenvalue weighted by Crippen LogP contribution is 2.05. The van der Waals surface area contributed by atoms with Crippen LogP contribution >= 0.6 is 0 Å². The molecule has 0 aliphatic rings. The maximum atomic E-state index is 5.58. The van der Waals surface area contributed by atoms with E-state index in [0.717, 1.165) is 0 Å². The van der Waals surface area contributed by atoms with Gasteiger partial charge in [-0.15, -0.1) is 5.10 Å². The molecule has 1 rings (SSSR count). The van der Waals surface area contributed by atoms with E-state index in [0.29, 0.717) is 5.95 Å². The Kier molecular flexibility index (Phi) is 1.95. The number of nitrogens with zero attached hydrogens (tertiary/aromatic N) is 3. The molecule has 6 nitrogen and oxygen atoms in total. The Morgan fingerprint density at radius 2 is 2.18 bits per heavy atom. The summed E-state index contributed by atoms with van der Waals surface area (Å²) in [4.78, 5) is 3.84. The number of hydrazine groups is 1. The number of rotatable bonds is 2. The largest absolute Gasteiger partial charge is 0.368 e. The van der Waals surface area contributed by atoms with Crippen LogP contribution in [0.3, 0.4) is 0 Å². The van der Waals surface area contributed by atoms with Gasteiger partial charge in [-0.2, -0.15) is 4.98 Å². The molecule has 1 aromatic rings. The number of aromatic amines is 1. The van der Waals surface area contributed by atoms with Gasteiger partial charge < -0.3 is 5.73 Å². The van der Waals surface area contributed by atoms with Crippen molar-refractivity contribution in [2.75, 3.05) is 10.7 Å². The lowest BCUT2D eigenvalue weighted by Crippen LogP contribution is -2.38. The molecule has 0 spiro atoms.